The minimum Gasteiger partial charge on any atom is -0.355 e. The van der Waals surface area contributed by atoms with Gasteiger partial charge in [0, 0.05) is 47.3 Å². The van der Waals surface area contributed by atoms with E-state index in [9.17, 15) is 9.00 Å². The molecule has 0 spiro atoms. The summed E-state index contributed by atoms with van der Waals surface area (Å²) < 4.78 is 11.8. The summed E-state index contributed by atoms with van der Waals surface area (Å²) in [6.45, 7) is 3.69. The first kappa shape index (κ1) is 21.2. The van der Waals surface area contributed by atoms with Gasteiger partial charge in [-0.2, -0.15) is 0 Å². The Morgan fingerprint density at radius 2 is 1.78 bits per heavy atom. The largest absolute Gasteiger partial charge is 0.355 e. The number of likely N-dealkylation sites (tertiary alicyclic amines) is 1. The standard InChI is InChI=1S/C24H29N5O2S/c1-28-10-7-18(8-11-28)17-2-4-20(5-3-17)26-23-22-19(6-9-25-24(22)30)16-21(27-23)29-12-14-32(31)15-13-29/h2-6,9,16,18H,7-8,10-15H2,1H3,(H,25,30)(H,26,27). The van der Waals surface area contributed by atoms with E-state index in [-0.39, 0.29) is 5.56 Å². The van der Waals surface area contributed by atoms with E-state index in [4.69, 9.17) is 4.98 Å². The topological polar surface area (TPSA) is 81.3 Å². The summed E-state index contributed by atoms with van der Waals surface area (Å²) in [5.41, 5.74) is 2.12. The number of fused-ring (bicyclic) bond motifs is 1. The van der Waals surface area contributed by atoms with Gasteiger partial charge in [0.05, 0.1) is 5.39 Å². The number of nitrogens with zero attached hydrogens (tertiary/aromatic N) is 3. The van der Waals surface area contributed by atoms with Gasteiger partial charge in [-0.15, -0.1) is 0 Å². The molecule has 3 aromatic rings. The summed E-state index contributed by atoms with van der Waals surface area (Å²) in [6.07, 6.45) is 4.04. The summed E-state index contributed by atoms with van der Waals surface area (Å²) in [4.78, 5) is 24.7. The van der Waals surface area contributed by atoms with Crippen LogP contribution in [-0.4, -0.2) is 63.8 Å². The van der Waals surface area contributed by atoms with E-state index in [0.29, 0.717) is 41.7 Å². The predicted molar refractivity (Wildman–Crippen MR) is 132 cm³/mol. The Kier molecular flexibility index (Phi) is 5.97. The minimum atomic E-state index is -0.752. The maximum Gasteiger partial charge on any atom is 0.259 e. The first-order chi connectivity index (χ1) is 15.6. The molecular weight excluding hydrogens is 422 g/mol. The molecule has 4 heterocycles. The van der Waals surface area contributed by atoms with Gasteiger partial charge >= 0.3 is 0 Å². The maximum absolute atomic E-state index is 12.6. The van der Waals surface area contributed by atoms with Gasteiger partial charge in [0.1, 0.15) is 11.6 Å². The van der Waals surface area contributed by atoms with Gasteiger partial charge in [-0.1, -0.05) is 12.1 Å². The monoisotopic (exact) mass is 451 g/mol. The van der Waals surface area contributed by atoms with Crippen LogP contribution in [0.5, 0.6) is 0 Å². The van der Waals surface area contributed by atoms with E-state index in [2.05, 4.69) is 51.4 Å². The number of aromatic amines is 1. The molecule has 2 saturated heterocycles. The summed E-state index contributed by atoms with van der Waals surface area (Å²) in [5, 5.41) is 4.78. The van der Waals surface area contributed by atoms with Gasteiger partial charge in [-0.25, -0.2) is 4.98 Å². The molecule has 7 nitrogen and oxygen atoms in total. The van der Waals surface area contributed by atoms with Crippen molar-refractivity contribution in [1.29, 1.82) is 0 Å². The van der Waals surface area contributed by atoms with E-state index >= 15 is 0 Å². The molecule has 32 heavy (non-hydrogen) atoms. The van der Waals surface area contributed by atoms with Crippen LogP contribution in [0.2, 0.25) is 0 Å². The third-order valence-electron chi connectivity index (χ3n) is 6.61. The molecule has 0 amide bonds. The molecule has 2 aliphatic rings. The molecule has 0 aliphatic carbocycles. The number of piperidine rings is 1. The second kappa shape index (κ2) is 9.03. The molecule has 0 radical (unpaired) electrons. The number of hydrogen-bond donors (Lipinski definition) is 2. The molecule has 168 valence electrons. The van der Waals surface area contributed by atoms with Crippen LogP contribution in [0.3, 0.4) is 0 Å². The van der Waals surface area contributed by atoms with E-state index < -0.39 is 10.8 Å². The zero-order valence-corrected chi connectivity index (χ0v) is 19.2. The number of nitrogens with one attached hydrogen (secondary N) is 2. The number of benzene rings is 1. The molecule has 0 bridgehead atoms. The second-order valence-corrected chi connectivity index (χ2v) is 10.5. The maximum atomic E-state index is 12.6. The summed E-state index contributed by atoms with van der Waals surface area (Å²) in [5.74, 6) is 3.27. The van der Waals surface area contributed by atoms with Crippen LogP contribution < -0.4 is 15.8 Å². The van der Waals surface area contributed by atoms with Crippen LogP contribution in [0, 0.1) is 0 Å². The van der Waals surface area contributed by atoms with Gasteiger partial charge in [0.2, 0.25) is 0 Å². The third-order valence-corrected chi connectivity index (χ3v) is 7.88. The van der Waals surface area contributed by atoms with E-state index in [1.807, 2.05) is 12.1 Å². The number of aromatic nitrogens is 2. The third kappa shape index (κ3) is 4.42. The molecule has 0 unspecified atom stereocenters. The quantitative estimate of drug-likeness (QED) is 0.635. The lowest BCUT2D eigenvalue weighted by molar-refractivity contribution is 0.255. The fraction of sp³-hybridized carbons (Fsp3) is 0.417. The average Bonchev–Trinajstić information content (AvgIpc) is 2.80. The van der Waals surface area contributed by atoms with Gasteiger partial charge in [0.15, 0.2) is 0 Å². The average molecular weight is 452 g/mol. The van der Waals surface area contributed by atoms with Crippen LogP contribution >= 0.6 is 0 Å². The van der Waals surface area contributed by atoms with Crippen LogP contribution in [-0.2, 0) is 10.8 Å². The zero-order valence-electron chi connectivity index (χ0n) is 18.3. The summed E-state index contributed by atoms with van der Waals surface area (Å²) in [7, 11) is 1.43. The molecule has 0 atom stereocenters. The molecule has 2 aromatic heterocycles. The molecule has 2 fully saturated rings. The fourth-order valence-corrected chi connectivity index (χ4v) is 5.69. The second-order valence-electron chi connectivity index (χ2n) is 8.76. The highest BCUT2D eigenvalue weighted by atomic mass is 32.2. The van der Waals surface area contributed by atoms with Crippen molar-refractivity contribution >= 4 is 38.9 Å². The Bertz CT molecular complexity index is 1180. The van der Waals surface area contributed by atoms with Gasteiger partial charge < -0.3 is 20.1 Å². The van der Waals surface area contributed by atoms with E-state index in [1.54, 1.807) is 6.20 Å². The smallest absolute Gasteiger partial charge is 0.259 e. The number of hydrogen-bond acceptors (Lipinski definition) is 6. The number of pyridine rings is 2. The Morgan fingerprint density at radius 1 is 1.06 bits per heavy atom. The van der Waals surface area contributed by atoms with Crippen LogP contribution in [0.15, 0.2) is 47.4 Å². The number of H-pyrrole nitrogens is 1. The molecular formula is C24H29N5O2S. The van der Waals surface area contributed by atoms with Crippen molar-refractivity contribution in [3.8, 4) is 0 Å². The highest BCUT2D eigenvalue weighted by molar-refractivity contribution is 7.85. The lowest BCUT2D eigenvalue weighted by atomic mass is 9.89. The minimum absolute atomic E-state index is 0.160. The summed E-state index contributed by atoms with van der Waals surface area (Å²) in [6, 6.07) is 12.4. The van der Waals surface area contributed by atoms with E-state index in [0.717, 1.165) is 30.0 Å². The molecule has 8 heteroatoms. The zero-order chi connectivity index (χ0) is 22.1. The van der Waals surface area contributed by atoms with Crippen LogP contribution in [0.4, 0.5) is 17.3 Å². The van der Waals surface area contributed by atoms with Crippen molar-refractivity contribution in [1.82, 2.24) is 14.9 Å². The Labute approximate surface area is 190 Å². The Hall–Kier alpha value is -2.71. The van der Waals surface area contributed by atoms with Crippen molar-refractivity contribution in [3.63, 3.8) is 0 Å². The molecule has 0 saturated carbocycles. The first-order valence-electron chi connectivity index (χ1n) is 11.2. The SMILES string of the molecule is CN1CCC(c2ccc(Nc3nc(N4CCS(=O)CC4)cc4cc[nH]c(=O)c34)cc2)CC1. The van der Waals surface area contributed by atoms with Gasteiger partial charge in [-0.05, 0) is 74.1 Å². The highest BCUT2D eigenvalue weighted by Crippen LogP contribution is 2.30. The first-order valence-corrected chi connectivity index (χ1v) is 12.7. The summed E-state index contributed by atoms with van der Waals surface area (Å²) >= 11 is 0. The van der Waals surface area contributed by atoms with Crippen molar-refractivity contribution in [3.05, 3.63) is 58.5 Å². The highest BCUT2D eigenvalue weighted by Gasteiger charge is 2.20. The fourth-order valence-electron chi connectivity index (χ4n) is 4.64. The van der Waals surface area contributed by atoms with Crippen molar-refractivity contribution < 1.29 is 4.21 Å². The lowest BCUT2D eigenvalue weighted by Crippen LogP contribution is -2.38. The number of anilines is 3. The van der Waals surface area contributed by atoms with Gasteiger partial charge in [0.25, 0.3) is 5.56 Å². The predicted octanol–water partition coefficient (Wildman–Crippen LogP) is 3.04. The van der Waals surface area contributed by atoms with Gasteiger partial charge in [-0.3, -0.25) is 9.00 Å². The van der Waals surface area contributed by atoms with Crippen LogP contribution in [0.1, 0.15) is 24.3 Å². The van der Waals surface area contributed by atoms with Crippen molar-refractivity contribution in [2.24, 2.45) is 0 Å². The molecule has 2 aliphatic heterocycles. The normalized spacial score (nSPS) is 18.8. The lowest BCUT2D eigenvalue weighted by Gasteiger charge is -2.29. The Morgan fingerprint density at radius 3 is 2.50 bits per heavy atom. The van der Waals surface area contributed by atoms with Crippen molar-refractivity contribution in [2.45, 2.75) is 18.8 Å². The molecule has 2 N–H and O–H groups in total. The van der Waals surface area contributed by atoms with E-state index in [1.165, 1.54) is 18.4 Å². The van der Waals surface area contributed by atoms with Crippen molar-refractivity contribution in [2.75, 3.05) is 54.9 Å². The molecule has 1 aromatic carbocycles. The van der Waals surface area contributed by atoms with Crippen LogP contribution in [0.25, 0.3) is 10.8 Å². The number of rotatable bonds is 4. The molecule has 5 rings (SSSR count). The Balaban J connectivity index is 1.44.